The van der Waals surface area contributed by atoms with Gasteiger partial charge in [0.1, 0.15) is 12.1 Å². The van der Waals surface area contributed by atoms with Gasteiger partial charge in [-0.3, -0.25) is 0 Å². The van der Waals surface area contributed by atoms with Crippen LogP contribution in [0, 0.1) is 5.92 Å². The first-order valence-corrected chi connectivity index (χ1v) is 8.26. The number of alkyl carbamates (subject to hydrolysis) is 1. The van der Waals surface area contributed by atoms with Crippen molar-refractivity contribution >= 4 is 23.4 Å². The number of carbonyl (C=O) groups excluding carboxylic acids is 2. The van der Waals surface area contributed by atoms with E-state index in [9.17, 15) is 9.59 Å². The van der Waals surface area contributed by atoms with Crippen LogP contribution in [-0.2, 0) is 20.7 Å². The number of amides is 1. The number of nitrogens with zero attached hydrogens (tertiary/aromatic N) is 1. The maximum absolute atomic E-state index is 11.9. The average molecular weight is 328 g/mol. The second-order valence-electron chi connectivity index (χ2n) is 5.35. The largest absolute Gasteiger partial charge is 0.467 e. The predicted molar refractivity (Wildman–Crippen MR) is 84.8 cm³/mol. The van der Waals surface area contributed by atoms with Gasteiger partial charge in [0.25, 0.3) is 0 Å². The van der Waals surface area contributed by atoms with Crippen LogP contribution >= 0.6 is 11.3 Å². The summed E-state index contributed by atoms with van der Waals surface area (Å²) in [7, 11) is 1.29. The zero-order valence-electron chi connectivity index (χ0n) is 13.7. The van der Waals surface area contributed by atoms with Crippen molar-refractivity contribution in [3.63, 3.8) is 0 Å². The van der Waals surface area contributed by atoms with E-state index in [0.29, 0.717) is 0 Å². The minimum absolute atomic E-state index is 0.0919. The number of ether oxygens (including phenoxy) is 2. The molecule has 6 nitrogen and oxygen atoms in total. The number of nitrogens with one attached hydrogen (secondary N) is 1. The van der Waals surface area contributed by atoms with E-state index >= 15 is 0 Å². The highest BCUT2D eigenvalue weighted by Gasteiger charge is 2.26. The average Bonchev–Trinajstić information content (AvgIpc) is 2.92. The van der Waals surface area contributed by atoms with Crippen molar-refractivity contribution in [1.82, 2.24) is 10.3 Å². The van der Waals surface area contributed by atoms with Crippen molar-refractivity contribution in [2.75, 3.05) is 7.11 Å². The van der Waals surface area contributed by atoms with Crippen LogP contribution < -0.4 is 5.32 Å². The molecule has 124 valence electrons. The van der Waals surface area contributed by atoms with Crippen LogP contribution in [0.1, 0.15) is 50.9 Å². The lowest BCUT2D eigenvalue weighted by atomic mass is 10.1. The summed E-state index contributed by atoms with van der Waals surface area (Å²) >= 11 is 1.56. The van der Waals surface area contributed by atoms with Gasteiger partial charge in [0.15, 0.2) is 0 Å². The summed E-state index contributed by atoms with van der Waals surface area (Å²) in [6, 6.07) is -0.726. The summed E-state index contributed by atoms with van der Waals surface area (Å²) < 4.78 is 9.96. The van der Waals surface area contributed by atoms with Crippen LogP contribution in [0.5, 0.6) is 0 Å². The quantitative estimate of drug-likeness (QED) is 0.778. The lowest BCUT2D eigenvalue weighted by Gasteiger charge is -2.20. The van der Waals surface area contributed by atoms with Crippen molar-refractivity contribution in [2.24, 2.45) is 5.92 Å². The minimum atomic E-state index is -0.726. The number of thiazole rings is 1. The number of rotatable bonds is 7. The molecule has 1 aromatic rings. The molecule has 2 atom stereocenters. The molecule has 0 aliphatic rings. The summed E-state index contributed by atoms with van der Waals surface area (Å²) in [6.07, 6.45) is 0.827. The number of esters is 1. The summed E-state index contributed by atoms with van der Waals surface area (Å²) in [5.41, 5.74) is 0.725. The highest BCUT2D eigenvalue weighted by atomic mass is 32.1. The normalized spacial score (nSPS) is 13.5. The number of aromatic nitrogens is 1. The fourth-order valence-electron chi connectivity index (χ4n) is 1.85. The monoisotopic (exact) mass is 328 g/mol. The first-order chi connectivity index (χ1) is 10.4. The number of hydrogen-bond donors (Lipinski definition) is 1. The summed E-state index contributed by atoms with van der Waals surface area (Å²) in [5.74, 6) is -0.579. The molecule has 1 heterocycles. The summed E-state index contributed by atoms with van der Waals surface area (Å²) in [6.45, 7) is 7.49. The minimum Gasteiger partial charge on any atom is -0.467 e. The Balaban J connectivity index is 2.60. The van der Waals surface area contributed by atoms with E-state index in [1.54, 1.807) is 18.3 Å². The van der Waals surface area contributed by atoms with Gasteiger partial charge in [-0.1, -0.05) is 20.8 Å². The molecule has 0 saturated heterocycles. The van der Waals surface area contributed by atoms with E-state index in [2.05, 4.69) is 22.0 Å². The fraction of sp³-hybridized carbons (Fsp3) is 0.667. The van der Waals surface area contributed by atoms with Crippen LogP contribution in [-0.4, -0.2) is 30.2 Å². The zero-order chi connectivity index (χ0) is 16.7. The lowest BCUT2D eigenvalue weighted by molar-refractivity contribution is -0.144. The second-order valence-corrected chi connectivity index (χ2v) is 6.30. The second kappa shape index (κ2) is 8.73. The topological polar surface area (TPSA) is 77.5 Å². The maximum Gasteiger partial charge on any atom is 0.408 e. The van der Waals surface area contributed by atoms with Gasteiger partial charge in [-0.2, -0.15) is 0 Å². The number of methoxy groups -OCH3 is 1. The van der Waals surface area contributed by atoms with Crippen molar-refractivity contribution in [2.45, 2.75) is 52.7 Å². The Bertz CT molecular complexity index is 501. The molecule has 1 aromatic heterocycles. The highest BCUT2D eigenvalue weighted by Crippen LogP contribution is 2.20. The first-order valence-electron chi connectivity index (χ1n) is 7.38. The van der Waals surface area contributed by atoms with E-state index in [1.165, 1.54) is 7.11 Å². The Morgan fingerprint density at radius 1 is 1.36 bits per heavy atom. The molecule has 1 amide bonds. The number of carbonyl (C=O) groups is 2. The van der Waals surface area contributed by atoms with E-state index in [0.717, 1.165) is 23.5 Å². The van der Waals surface area contributed by atoms with Gasteiger partial charge in [0, 0.05) is 5.38 Å². The molecule has 1 unspecified atom stereocenters. The number of aryl methyl sites for hydroxylation is 1. The highest BCUT2D eigenvalue weighted by molar-refractivity contribution is 7.09. The third-order valence-corrected chi connectivity index (χ3v) is 4.06. The Morgan fingerprint density at radius 2 is 2.05 bits per heavy atom. The molecule has 0 spiro atoms. The molecule has 22 heavy (non-hydrogen) atoms. The Kier molecular flexibility index (Phi) is 7.31. The van der Waals surface area contributed by atoms with Crippen LogP contribution in [0.2, 0.25) is 0 Å². The SMILES string of the molecule is CCCc1nc(C(C)OC(=O)N[C@H](C(=O)OC)C(C)C)cs1. The van der Waals surface area contributed by atoms with Gasteiger partial charge in [0.05, 0.1) is 17.8 Å². The molecule has 0 radical (unpaired) electrons. The molecule has 7 heteroatoms. The standard InChI is InChI=1S/C15H24N2O4S/c1-6-7-12-16-11(8-22-12)10(4)21-15(19)17-13(9(2)3)14(18)20-5/h8-10,13H,6-7H2,1-5H3,(H,17,19)/t10?,13-/m0/s1. The van der Waals surface area contributed by atoms with Gasteiger partial charge in [-0.25, -0.2) is 14.6 Å². The van der Waals surface area contributed by atoms with Gasteiger partial charge in [0.2, 0.25) is 0 Å². The third-order valence-electron chi connectivity index (χ3n) is 3.13. The Morgan fingerprint density at radius 3 is 2.59 bits per heavy atom. The molecule has 1 rings (SSSR count). The van der Waals surface area contributed by atoms with Gasteiger partial charge < -0.3 is 14.8 Å². The van der Waals surface area contributed by atoms with Crippen LogP contribution in [0.15, 0.2) is 5.38 Å². The molecule has 1 N–H and O–H groups in total. The smallest absolute Gasteiger partial charge is 0.408 e. The maximum atomic E-state index is 11.9. The van der Waals surface area contributed by atoms with Crippen LogP contribution in [0.4, 0.5) is 4.79 Å². The Labute approximate surface area is 135 Å². The van der Waals surface area contributed by atoms with Crippen molar-refractivity contribution in [1.29, 1.82) is 0 Å². The Hall–Kier alpha value is -1.63. The van der Waals surface area contributed by atoms with Crippen molar-refractivity contribution < 1.29 is 19.1 Å². The zero-order valence-corrected chi connectivity index (χ0v) is 14.5. The van der Waals surface area contributed by atoms with Crippen molar-refractivity contribution in [3.8, 4) is 0 Å². The summed E-state index contributed by atoms with van der Waals surface area (Å²) in [4.78, 5) is 28.0. The fourth-order valence-corrected chi connectivity index (χ4v) is 2.83. The molecule has 0 bridgehead atoms. The van der Waals surface area contributed by atoms with Gasteiger partial charge >= 0.3 is 12.1 Å². The molecular weight excluding hydrogens is 304 g/mol. The molecular formula is C15H24N2O4S. The lowest BCUT2D eigenvalue weighted by Crippen LogP contribution is -2.45. The molecule has 0 aliphatic carbocycles. The summed E-state index contributed by atoms with van der Waals surface area (Å²) in [5, 5.41) is 5.46. The molecule has 0 aliphatic heterocycles. The van der Waals surface area contributed by atoms with Crippen LogP contribution in [0.3, 0.4) is 0 Å². The first kappa shape index (κ1) is 18.4. The van der Waals surface area contributed by atoms with E-state index in [-0.39, 0.29) is 5.92 Å². The van der Waals surface area contributed by atoms with Gasteiger partial charge in [-0.15, -0.1) is 11.3 Å². The van der Waals surface area contributed by atoms with Crippen molar-refractivity contribution in [3.05, 3.63) is 16.1 Å². The van der Waals surface area contributed by atoms with E-state index < -0.39 is 24.2 Å². The third kappa shape index (κ3) is 5.29. The van der Waals surface area contributed by atoms with E-state index in [4.69, 9.17) is 4.74 Å². The number of hydrogen-bond acceptors (Lipinski definition) is 6. The van der Waals surface area contributed by atoms with Gasteiger partial charge in [-0.05, 0) is 25.7 Å². The van der Waals surface area contributed by atoms with Crippen LogP contribution in [0.25, 0.3) is 0 Å². The molecule has 0 aromatic carbocycles. The molecule has 0 fully saturated rings. The molecule has 0 saturated carbocycles. The van der Waals surface area contributed by atoms with E-state index in [1.807, 2.05) is 19.2 Å². The predicted octanol–water partition coefficient (Wildman–Crippen LogP) is 3.08.